The molecule has 0 unspecified atom stereocenters. The summed E-state index contributed by atoms with van der Waals surface area (Å²) in [7, 11) is 0. The minimum atomic E-state index is -0.218. The average molecular weight is 328 g/mol. The highest BCUT2D eigenvalue weighted by Gasteiger charge is 2.39. The highest BCUT2D eigenvalue weighted by molar-refractivity contribution is 9.10. The molecule has 0 heterocycles. The standard InChI is InChI=1S/C15H19BrFNO/c16-13-8-10(17)7-12(14(13)19-11-3-4-11)15(9-18)5-1-2-6-15/h7-8,11H,1-6,9,18H2. The summed E-state index contributed by atoms with van der Waals surface area (Å²) in [5.74, 6) is 0.598. The van der Waals surface area contributed by atoms with Crippen molar-refractivity contribution in [2.75, 3.05) is 6.54 Å². The Morgan fingerprint density at radius 2 is 2.00 bits per heavy atom. The summed E-state index contributed by atoms with van der Waals surface area (Å²) in [5, 5.41) is 0. The molecule has 3 rings (SSSR count). The normalized spacial score (nSPS) is 21.6. The molecule has 19 heavy (non-hydrogen) atoms. The van der Waals surface area contributed by atoms with Gasteiger partial charge in [0.05, 0.1) is 10.6 Å². The van der Waals surface area contributed by atoms with E-state index < -0.39 is 0 Å². The molecule has 0 bridgehead atoms. The molecule has 0 atom stereocenters. The number of nitrogens with two attached hydrogens (primary N) is 1. The first-order valence-electron chi connectivity index (χ1n) is 7.01. The van der Waals surface area contributed by atoms with E-state index in [-0.39, 0.29) is 11.2 Å². The first kappa shape index (κ1) is 13.4. The van der Waals surface area contributed by atoms with Crippen molar-refractivity contribution in [1.82, 2.24) is 0 Å². The van der Waals surface area contributed by atoms with Gasteiger partial charge in [-0.25, -0.2) is 4.39 Å². The molecular formula is C15H19BrFNO. The molecule has 1 aromatic carbocycles. The zero-order valence-corrected chi connectivity index (χ0v) is 12.5. The summed E-state index contributed by atoms with van der Waals surface area (Å²) in [4.78, 5) is 0. The number of hydrogen-bond donors (Lipinski definition) is 1. The Hall–Kier alpha value is -0.610. The van der Waals surface area contributed by atoms with Crippen LogP contribution in [-0.4, -0.2) is 12.6 Å². The number of hydrogen-bond acceptors (Lipinski definition) is 2. The molecule has 2 N–H and O–H groups in total. The van der Waals surface area contributed by atoms with Crippen molar-refractivity contribution in [3.63, 3.8) is 0 Å². The van der Waals surface area contributed by atoms with Crippen LogP contribution < -0.4 is 10.5 Å². The van der Waals surface area contributed by atoms with Crippen molar-refractivity contribution in [2.24, 2.45) is 5.73 Å². The number of halogens is 2. The molecule has 2 saturated carbocycles. The van der Waals surface area contributed by atoms with Gasteiger partial charge in [0.1, 0.15) is 11.6 Å². The maximum Gasteiger partial charge on any atom is 0.137 e. The molecule has 0 aromatic heterocycles. The maximum absolute atomic E-state index is 13.8. The summed E-state index contributed by atoms with van der Waals surface area (Å²) in [5.41, 5.74) is 6.88. The third-order valence-electron chi connectivity index (χ3n) is 4.34. The lowest BCUT2D eigenvalue weighted by Crippen LogP contribution is -2.33. The van der Waals surface area contributed by atoms with Gasteiger partial charge < -0.3 is 10.5 Å². The Morgan fingerprint density at radius 3 is 2.58 bits per heavy atom. The van der Waals surface area contributed by atoms with Crippen molar-refractivity contribution in [3.8, 4) is 5.75 Å². The Balaban J connectivity index is 2.06. The van der Waals surface area contributed by atoms with Gasteiger partial charge in [0, 0.05) is 17.5 Å². The molecule has 104 valence electrons. The van der Waals surface area contributed by atoms with Crippen LogP contribution in [0.25, 0.3) is 0 Å². The molecule has 0 spiro atoms. The van der Waals surface area contributed by atoms with E-state index in [4.69, 9.17) is 10.5 Å². The Bertz CT molecular complexity index is 481. The van der Waals surface area contributed by atoms with E-state index in [1.807, 2.05) is 0 Å². The van der Waals surface area contributed by atoms with Gasteiger partial charge in [0.2, 0.25) is 0 Å². The molecule has 0 saturated heterocycles. The minimum absolute atomic E-state index is 0.102. The van der Waals surface area contributed by atoms with Crippen molar-refractivity contribution >= 4 is 15.9 Å². The Morgan fingerprint density at radius 1 is 1.32 bits per heavy atom. The van der Waals surface area contributed by atoms with Crippen molar-refractivity contribution in [1.29, 1.82) is 0 Å². The minimum Gasteiger partial charge on any atom is -0.489 e. The predicted octanol–water partition coefficient (Wildman–Crippen LogP) is 3.90. The van der Waals surface area contributed by atoms with Gasteiger partial charge in [0.25, 0.3) is 0 Å². The summed E-state index contributed by atoms with van der Waals surface area (Å²) >= 11 is 3.45. The number of ether oxygens (including phenoxy) is 1. The van der Waals surface area contributed by atoms with Gasteiger partial charge in [-0.2, -0.15) is 0 Å². The molecule has 0 radical (unpaired) electrons. The fourth-order valence-electron chi connectivity index (χ4n) is 3.06. The molecule has 4 heteroatoms. The van der Waals surface area contributed by atoms with E-state index in [9.17, 15) is 4.39 Å². The van der Waals surface area contributed by atoms with Gasteiger partial charge in [-0.3, -0.25) is 0 Å². The van der Waals surface area contributed by atoms with E-state index in [1.165, 1.54) is 6.07 Å². The summed E-state index contributed by atoms with van der Waals surface area (Å²) in [6.07, 6.45) is 6.87. The quantitative estimate of drug-likeness (QED) is 0.910. The largest absolute Gasteiger partial charge is 0.489 e. The van der Waals surface area contributed by atoms with Crippen LogP contribution in [0.3, 0.4) is 0 Å². The average Bonchev–Trinajstić information content (AvgIpc) is 3.07. The predicted molar refractivity (Wildman–Crippen MR) is 77.0 cm³/mol. The van der Waals surface area contributed by atoms with E-state index >= 15 is 0 Å². The highest BCUT2D eigenvalue weighted by atomic mass is 79.9. The zero-order valence-electron chi connectivity index (χ0n) is 10.9. The van der Waals surface area contributed by atoms with E-state index in [1.54, 1.807) is 6.07 Å². The second kappa shape index (κ2) is 5.06. The second-order valence-electron chi connectivity index (χ2n) is 5.77. The lowest BCUT2D eigenvalue weighted by Gasteiger charge is -2.30. The summed E-state index contributed by atoms with van der Waals surface area (Å²) in [6, 6.07) is 3.11. The fourth-order valence-corrected chi connectivity index (χ4v) is 3.59. The van der Waals surface area contributed by atoms with Crippen LogP contribution in [0.1, 0.15) is 44.1 Å². The van der Waals surface area contributed by atoms with Crippen LogP contribution >= 0.6 is 15.9 Å². The van der Waals surface area contributed by atoms with Crippen LogP contribution in [0, 0.1) is 5.82 Å². The molecule has 2 fully saturated rings. The van der Waals surface area contributed by atoms with E-state index in [0.717, 1.165) is 49.8 Å². The van der Waals surface area contributed by atoms with E-state index in [0.29, 0.717) is 17.1 Å². The van der Waals surface area contributed by atoms with Crippen molar-refractivity contribution in [2.45, 2.75) is 50.0 Å². The van der Waals surface area contributed by atoms with Crippen LogP contribution in [0.15, 0.2) is 16.6 Å². The van der Waals surface area contributed by atoms with Crippen molar-refractivity contribution < 1.29 is 9.13 Å². The summed E-state index contributed by atoms with van der Waals surface area (Å²) in [6.45, 7) is 0.559. The van der Waals surface area contributed by atoms with Gasteiger partial charge in [-0.05, 0) is 53.7 Å². The second-order valence-corrected chi connectivity index (χ2v) is 6.63. The van der Waals surface area contributed by atoms with Gasteiger partial charge in [-0.15, -0.1) is 0 Å². The van der Waals surface area contributed by atoms with Crippen LogP contribution in [-0.2, 0) is 5.41 Å². The lowest BCUT2D eigenvalue weighted by atomic mass is 9.78. The third-order valence-corrected chi connectivity index (χ3v) is 4.93. The molecular weight excluding hydrogens is 309 g/mol. The number of rotatable bonds is 4. The SMILES string of the molecule is NCC1(c2cc(F)cc(Br)c2OC2CC2)CCCC1. The van der Waals surface area contributed by atoms with Crippen LogP contribution in [0.2, 0.25) is 0 Å². The molecule has 0 aliphatic heterocycles. The molecule has 2 nitrogen and oxygen atoms in total. The Kier molecular flexibility index (Phi) is 3.56. The first-order valence-corrected chi connectivity index (χ1v) is 7.80. The van der Waals surface area contributed by atoms with Crippen LogP contribution in [0.5, 0.6) is 5.75 Å². The molecule has 2 aliphatic carbocycles. The smallest absolute Gasteiger partial charge is 0.137 e. The van der Waals surface area contributed by atoms with Gasteiger partial charge in [-0.1, -0.05) is 12.8 Å². The maximum atomic E-state index is 13.8. The lowest BCUT2D eigenvalue weighted by molar-refractivity contribution is 0.287. The molecule has 2 aliphatic rings. The third kappa shape index (κ3) is 2.52. The van der Waals surface area contributed by atoms with E-state index in [2.05, 4.69) is 15.9 Å². The topological polar surface area (TPSA) is 35.2 Å². The summed E-state index contributed by atoms with van der Waals surface area (Å²) < 4.78 is 20.5. The Labute approximate surface area is 121 Å². The van der Waals surface area contributed by atoms with Crippen LogP contribution in [0.4, 0.5) is 4.39 Å². The monoisotopic (exact) mass is 327 g/mol. The first-order chi connectivity index (χ1) is 9.14. The zero-order chi connectivity index (χ0) is 13.5. The molecule has 1 aromatic rings. The van der Waals surface area contributed by atoms with Gasteiger partial charge >= 0.3 is 0 Å². The number of benzene rings is 1. The van der Waals surface area contributed by atoms with Crippen molar-refractivity contribution in [3.05, 3.63) is 28.0 Å². The molecule has 0 amide bonds. The fraction of sp³-hybridized carbons (Fsp3) is 0.600. The van der Waals surface area contributed by atoms with Gasteiger partial charge in [0.15, 0.2) is 0 Å². The highest BCUT2D eigenvalue weighted by Crippen LogP contribution is 2.47.